The molecule has 0 bridgehead atoms. The van der Waals surface area contributed by atoms with Crippen molar-refractivity contribution in [1.82, 2.24) is 0 Å². The summed E-state index contributed by atoms with van der Waals surface area (Å²) in [5, 5.41) is 0. The molecule has 5 aromatic carbocycles. The average molecular weight is 492 g/mol. The van der Waals surface area contributed by atoms with Crippen LogP contribution in [0.4, 0.5) is 30.2 Å². The third kappa shape index (κ3) is 3.89. The molecule has 0 N–H and O–H groups in total. The second-order valence-electron chi connectivity index (χ2n) is 9.89. The van der Waals surface area contributed by atoms with E-state index in [4.69, 9.17) is 0 Å². The van der Waals surface area contributed by atoms with Crippen molar-refractivity contribution in [1.29, 1.82) is 0 Å². The quantitative estimate of drug-likeness (QED) is 0.242. The standard InChI is InChI=1S/C33H24F3N/c1-33(2)29-13-4-3-12-28(29)32-30(33)14-7-15-31(32)37(27-11-6-9-23(34)20-27)26-10-5-8-21(18-26)22-16-24(35)19-25(36)17-22/h3-20H,1-2H3. The molecule has 6 rings (SSSR count). The molecule has 1 nitrogen and oxygen atoms in total. The topological polar surface area (TPSA) is 3.24 Å². The van der Waals surface area contributed by atoms with E-state index in [1.54, 1.807) is 6.07 Å². The molecule has 0 spiro atoms. The van der Waals surface area contributed by atoms with Gasteiger partial charge in [0.25, 0.3) is 0 Å². The van der Waals surface area contributed by atoms with Crippen LogP contribution in [0.1, 0.15) is 25.0 Å². The summed E-state index contributed by atoms with van der Waals surface area (Å²) in [6.07, 6.45) is 0. The Hall–Kier alpha value is -4.31. The Bertz CT molecular complexity index is 1630. The summed E-state index contributed by atoms with van der Waals surface area (Å²) in [4.78, 5) is 2.01. The lowest BCUT2D eigenvalue weighted by atomic mass is 9.82. The lowest BCUT2D eigenvalue weighted by molar-refractivity contribution is 0.584. The molecule has 4 heteroatoms. The summed E-state index contributed by atoms with van der Waals surface area (Å²) in [6, 6.07) is 32.0. The Morgan fingerprint density at radius 1 is 0.541 bits per heavy atom. The van der Waals surface area contributed by atoms with Crippen LogP contribution in [0.25, 0.3) is 22.3 Å². The second kappa shape index (κ2) is 8.67. The molecule has 0 radical (unpaired) electrons. The van der Waals surface area contributed by atoms with Crippen LogP contribution in [0.15, 0.2) is 109 Å². The van der Waals surface area contributed by atoms with Gasteiger partial charge in [-0.1, -0.05) is 68.4 Å². The molecule has 0 amide bonds. The van der Waals surface area contributed by atoms with Gasteiger partial charge < -0.3 is 4.90 Å². The molecular formula is C33H24F3N. The van der Waals surface area contributed by atoms with Crippen LogP contribution >= 0.6 is 0 Å². The highest BCUT2D eigenvalue weighted by Crippen LogP contribution is 2.54. The first-order chi connectivity index (χ1) is 17.8. The maximum Gasteiger partial charge on any atom is 0.126 e. The number of nitrogens with zero attached hydrogens (tertiary/aromatic N) is 1. The molecule has 5 aromatic rings. The third-order valence-electron chi connectivity index (χ3n) is 7.19. The fourth-order valence-electron chi connectivity index (χ4n) is 5.51. The molecule has 0 atom stereocenters. The molecule has 0 saturated heterocycles. The highest BCUT2D eigenvalue weighted by molar-refractivity contribution is 5.95. The van der Waals surface area contributed by atoms with Gasteiger partial charge in [0.05, 0.1) is 5.69 Å². The number of anilines is 3. The third-order valence-corrected chi connectivity index (χ3v) is 7.19. The highest BCUT2D eigenvalue weighted by Gasteiger charge is 2.37. The van der Waals surface area contributed by atoms with Gasteiger partial charge in [0, 0.05) is 28.4 Å². The van der Waals surface area contributed by atoms with Crippen LogP contribution < -0.4 is 4.90 Å². The molecule has 182 valence electrons. The minimum atomic E-state index is -0.637. The van der Waals surface area contributed by atoms with Crippen LogP contribution in [0, 0.1) is 17.5 Å². The SMILES string of the molecule is CC1(C)c2ccccc2-c2c(N(c3cccc(F)c3)c3cccc(-c4cc(F)cc(F)c4)c3)cccc21. The zero-order valence-corrected chi connectivity index (χ0v) is 20.5. The predicted molar refractivity (Wildman–Crippen MR) is 144 cm³/mol. The van der Waals surface area contributed by atoms with Crippen molar-refractivity contribution in [2.75, 3.05) is 4.90 Å². The summed E-state index contributed by atoms with van der Waals surface area (Å²) in [5.41, 5.74) is 7.87. The monoisotopic (exact) mass is 491 g/mol. The van der Waals surface area contributed by atoms with E-state index in [0.717, 1.165) is 28.6 Å². The smallest absolute Gasteiger partial charge is 0.126 e. The van der Waals surface area contributed by atoms with Gasteiger partial charge in [-0.05, 0) is 76.3 Å². The Morgan fingerprint density at radius 2 is 1.19 bits per heavy atom. The number of rotatable bonds is 4. The number of fused-ring (bicyclic) bond motifs is 3. The molecular weight excluding hydrogens is 467 g/mol. The molecule has 0 fully saturated rings. The van der Waals surface area contributed by atoms with E-state index in [1.165, 1.54) is 35.4 Å². The van der Waals surface area contributed by atoms with Gasteiger partial charge >= 0.3 is 0 Å². The van der Waals surface area contributed by atoms with E-state index < -0.39 is 11.6 Å². The highest BCUT2D eigenvalue weighted by atomic mass is 19.1. The number of hydrogen-bond donors (Lipinski definition) is 0. The van der Waals surface area contributed by atoms with E-state index in [1.807, 2.05) is 53.4 Å². The van der Waals surface area contributed by atoms with Gasteiger partial charge in [0.15, 0.2) is 0 Å². The Morgan fingerprint density at radius 3 is 1.95 bits per heavy atom. The van der Waals surface area contributed by atoms with Crippen molar-refractivity contribution in [2.45, 2.75) is 19.3 Å². The van der Waals surface area contributed by atoms with Crippen LogP contribution in [-0.2, 0) is 5.41 Å². The van der Waals surface area contributed by atoms with Crippen LogP contribution in [0.2, 0.25) is 0 Å². The van der Waals surface area contributed by atoms with E-state index in [2.05, 4.69) is 38.1 Å². The van der Waals surface area contributed by atoms with E-state index in [-0.39, 0.29) is 11.2 Å². The van der Waals surface area contributed by atoms with Gasteiger partial charge in [-0.3, -0.25) is 0 Å². The predicted octanol–water partition coefficient (Wildman–Crippen LogP) is 9.55. The summed E-state index contributed by atoms with van der Waals surface area (Å²) < 4.78 is 42.6. The lowest BCUT2D eigenvalue weighted by Gasteiger charge is -2.29. The summed E-state index contributed by atoms with van der Waals surface area (Å²) in [5.74, 6) is -1.62. The number of benzene rings is 5. The van der Waals surface area contributed by atoms with Crippen molar-refractivity contribution in [2.24, 2.45) is 0 Å². The Labute approximate surface area is 214 Å². The van der Waals surface area contributed by atoms with Crippen molar-refractivity contribution in [3.8, 4) is 22.3 Å². The van der Waals surface area contributed by atoms with E-state index in [0.29, 0.717) is 16.8 Å². The second-order valence-corrected chi connectivity index (χ2v) is 9.89. The molecule has 0 heterocycles. The molecule has 1 aliphatic carbocycles. The first-order valence-corrected chi connectivity index (χ1v) is 12.2. The van der Waals surface area contributed by atoms with Crippen molar-refractivity contribution >= 4 is 17.1 Å². The summed E-state index contributed by atoms with van der Waals surface area (Å²) >= 11 is 0. The van der Waals surface area contributed by atoms with E-state index >= 15 is 0 Å². The van der Waals surface area contributed by atoms with Crippen LogP contribution in [0.3, 0.4) is 0 Å². The minimum Gasteiger partial charge on any atom is -0.310 e. The fourth-order valence-corrected chi connectivity index (χ4v) is 5.51. The zero-order chi connectivity index (χ0) is 25.7. The largest absolute Gasteiger partial charge is 0.310 e. The number of hydrogen-bond acceptors (Lipinski definition) is 1. The lowest BCUT2D eigenvalue weighted by Crippen LogP contribution is -2.16. The Kier molecular flexibility index (Phi) is 5.41. The fraction of sp³-hybridized carbons (Fsp3) is 0.0909. The van der Waals surface area contributed by atoms with Crippen LogP contribution in [0.5, 0.6) is 0 Å². The van der Waals surface area contributed by atoms with Crippen molar-refractivity contribution in [3.05, 3.63) is 138 Å². The first kappa shape index (κ1) is 23.1. The first-order valence-electron chi connectivity index (χ1n) is 12.2. The van der Waals surface area contributed by atoms with E-state index in [9.17, 15) is 13.2 Å². The van der Waals surface area contributed by atoms with Gasteiger partial charge in [-0.2, -0.15) is 0 Å². The average Bonchev–Trinajstić information content (AvgIpc) is 3.12. The molecule has 0 aliphatic heterocycles. The molecule has 0 saturated carbocycles. The Balaban J connectivity index is 1.61. The van der Waals surface area contributed by atoms with Gasteiger partial charge in [-0.15, -0.1) is 0 Å². The van der Waals surface area contributed by atoms with Gasteiger partial charge in [0.1, 0.15) is 17.5 Å². The molecule has 0 aromatic heterocycles. The summed E-state index contributed by atoms with van der Waals surface area (Å²) in [6.45, 7) is 4.43. The van der Waals surface area contributed by atoms with Gasteiger partial charge in [0.2, 0.25) is 0 Å². The number of halogens is 3. The van der Waals surface area contributed by atoms with Crippen molar-refractivity contribution < 1.29 is 13.2 Å². The minimum absolute atomic E-state index is 0.198. The maximum absolute atomic E-state index is 14.5. The summed E-state index contributed by atoms with van der Waals surface area (Å²) in [7, 11) is 0. The van der Waals surface area contributed by atoms with Crippen LogP contribution in [-0.4, -0.2) is 0 Å². The molecule has 0 unspecified atom stereocenters. The van der Waals surface area contributed by atoms with Crippen molar-refractivity contribution in [3.63, 3.8) is 0 Å². The normalized spacial score (nSPS) is 13.2. The molecule has 37 heavy (non-hydrogen) atoms. The molecule has 1 aliphatic rings. The maximum atomic E-state index is 14.5. The zero-order valence-electron chi connectivity index (χ0n) is 20.5. The van der Waals surface area contributed by atoms with Gasteiger partial charge in [-0.25, -0.2) is 13.2 Å².